The standard InChI is InChI=1S/C23H29N5O3/c1-15(2)26-20-12-17(11-16(3)27-19-7-6-10-24-22(19)31-5)14-28(23(20)29)21-9-8-18(30-4)13-25-21/h6-10,12-16,26-27H,11H2,1-5H3. The van der Waals surface area contributed by atoms with Gasteiger partial charge in [0, 0.05) is 24.5 Å². The van der Waals surface area contributed by atoms with E-state index >= 15 is 0 Å². The Balaban J connectivity index is 1.92. The lowest BCUT2D eigenvalue weighted by molar-refractivity contribution is 0.399. The fourth-order valence-corrected chi connectivity index (χ4v) is 3.30. The van der Waals surface area contributed by atoms with Gasteiger partial charge in [0.25, 0.3) is 5.56 Å². The van der Waals surface area contributed by atoms with E-state index in [9.17, 15) is 4.79 Å². The van der Waals surface area contributed by atoms with Crippen LogP contribution in [0.25, 0.3) is 5.82 Å². The molecular weight excluding hydrogens is 394 g/mol. The number of hydrogen-bond donors (Lipinski definition) is 2. The molecule has 3 aromatic rings. The monoisotopic (exact) mass is 423 g/mol. The van der Waals surface area contributed by atoms with Crippen molar-refractivity contribution in [2.45, 2.75) is 39.3 Å². The summed E-state index contributed by atoms with van der Waals surface area (Å²) in [5, 5.41) is 6.68. The summed E-state index contributed by atoms with van der Waals surface area (Å²) in [6, 6.07) is 9.44. The molecule has 0 aliphatic rings. The summed E-state index contributed by atoms with van der Waals surface area (Å²) in [6.07, 6.45) is 5.81. The Hall–Kier alpha value is -3.55. The zero-order valence-electron chi connectivity index (χ0n) is 18.5. The Morgan fingerprint density at radius 1 is 1.03 bits per heavy atom. The molecule has 0 amide bonds. The molecular formula is C23H29N5O3. The molecule has 0 aliphatic heterocycles. The van der Waals surface area contributed by atoms with Crippen molar-refractivity contribution in [1.82, 2.24) is 14.5 Å². The Kier molecular flexibility index (Phi) is 7.12. The lowest BCUT2D eigenvalue weighted by Gasteiger charge is -2.19. The zero-order valence-corrected chi connectivity index (χ0v) is 18.5. The number of aromatic nitrogens is 3. The molecule has 3 rings (SSSR count). The highest BCUT2D eigenvalue weighted by atomic mass is 16.5. The van der Waals surface area contributed by atoms with Crippen LogP contribution in [0, 0.1) is 0 Å². The summed E-state index contributed by atoms with van der Waals surface area (Å²) >= 11 is 0. The average Bonchev–Trinajstić information content (AvgIpc) is 2.76. The molecule has 3 heterocycles. The number of anilines is 2. The number of nitrogens with zero attached hydrogens (tertiary/aromatic N) is 3. The molecule has 0 saturated carbocycles. The first-order valence-electron chi connectivity index (χ1n) is 10.2. The molecule has 1 atom stereocenters. The van der Waals surface area contributed by atoms with Crippen molar-refractivity contribution >= 4 is 11.4 Å². The minimum atomic E-state index is -0.148. The molecule has 0 fully saturated rings. The van der Waals surface area contributed by atoms with Crippen LogP contribution in [0.3, 0.4) is 0 Å². The maximum absolute atomic E-state index is 13.1. The summed E-state index contributed by atoms with van der Waals surface area (Å²) in [5.74, 6) is 1.72. The maximum atomic E-state index is 13.1. The van der Waals surface area contributed by atoms with Crippen molar-refractivity contribution in [2.75, 3.05) is 24.9 Å². The molecule has 0 bridgehead atoms. The molecule has 8 heteroatoms. The molecule has 3 aromatic heterocycles. The minimum absolute atomic E-state index is 0.0692. The predicted molar refractivity (Wildman–Crippen MR) is 123 cm³/mol. The first-order valence-corrected chi connectivity index (χ1v) is 10.2. The van der Waals surface area contributed by atoms with E-state index in [0.717, 1.165) is 11.3 Å². The van der Waals surface area contributed by atoms with Crippen LogP contribution < -0.4 is 25.7 Å². The lowest BCUT2D eigenvalue weighted by Crippen LogP contribution is -2.27. The maximum Gasteiger partial charge on any atom is 0.279 e. The molecule has 0 aromatic carbocycles. The fraction of sp³-hybridized carbons (Fsp3) is 0.348. The van der Waals surface area contributed by atoms with E-state index in [2.05, 4.69) is 27.5 Å². The molecule has 8 nitrogen and oxygen atoms in total. The summed E-state index contributed by atoms with van der Waals surface area (Å²) in [7, 11) is 3.18. The second kappa shape index (κ2) is 9.97. The quantitative estimate of drug-likeness (QED) is 0.544. The Morgan fingerprint density at radius 3 is 2.48 bits per heavy atom. The van der Waals surface area contributed by atoms with Gasteiger partial charge in [-0.2, -0.15) is 0 Å². The third kappa shape index (κ3) is 5.53. The van der Waals surface area contributed by atoms with Gasteiger partial charge in [-0.25, -0.2) is 9.97 Å². The molecule has 0 saturated heterocycles. The van der Waals surface area contributed by atoms with Gasteiger partial charge in [-0.05, 0) is 63.1 Å². The molecule has 1 unspecified atom stereocenters. The van der Waals surface area contributed by atoms with Crippen LogP contribution in [-0.2, 0) is 6.42 Å². The fourth-order valence-electron chi connectivity index (χ4n) is 3.30. The first kappa shape index (κ1) is 22.1. The number of ether oxygens (including phenoxy) is 2. The van der Waals surface area contributed by atoms with Crippen molar-refractivity contribution in [3.63, 3.8) is 0 Å². The SMILES string of the molecule is COc1ccc(-n2cc(CC(C)Nc3cccnc3OC)cc(NC(C)C)c2=O)nc1. The van der Waals surface area contributed by atoms with Gasteiger partial charge in [-0.15, -0.1) is 0 Å². The molecule has 0 aliphatic carbocycles. The van der Waals surface area contributed by atoms with Gasteiger partial charge in [-0.3, -0.25) is 9.36 Å². The minimum Gasteiger partial charge on any atom is -0.495 e. The highest BCUT2D eigenvalue weighted by Crippen LogP contribution is 2.22. The van der Waals surface area contributed by atoms with E-state index in [1.165, 1.54) is 0 Å². The third-order valence-corrected chi connectivity index (χ3v) is 4.63. The Bertz CT molecular complexity index is 1060. The summed E-state index contributed by atoms with van der Waals surface area (Å²) in [4.78, 5) is 21.7. The number of nitrogens with one attached hydrogen (secondary N) is 2. The van der Waals surface area contributed by atoms with Gasteiger partial charge in [0.1, 0.15) is 17.3 Å². The number of rotatable bonds is 9. The number of hydrogen-bond acceptors (Lipinski definition) is 7. The number of methoxy groups -OCH3 is 2. The highest BCUT2D eigenvalue weighted by Gasteiger charge is 2.14. The highest BCUT2D eigenvalue weighted by molar-refractivity contribution is 5.53. The van der Waals surface area contributed by atoms with Gasteiger partial charge >= 0.3 is 0 Å². The lowest BCUT2D eigenvalue weighted by atomic mass is 10.1. The zero-order chi connectivity index (χ0) is 22.4. The summed E-state index contributed by atoms with van der Waals surface area (Å²) in [5.41, 5.74) is 2.20. The summed E-state index contributed by atoms with van der Waals surface area (Å²) < 4.78 is 12.1. The predicted octanol–water partition coefficient (Wildman–Crippen LogP) is 3.51. The van der Waals surface area contributed by atoms with Crippen LogP contribution in [0.1, 0.15) is 26.3 Å². The molecule has 0 spiro atoms. The smallest absolute Gasteiger partial charge is 0.279 e. The van der Waals surface area contributed by atoms with E-state index in [-0.39, 0.29) is 17.6 Å². The average molecular weight is 424 g/mol. The van der Waals surface area contributed by atoms with Crippen LogP contribution in [0.15, 0.2) is 53.7 Å². The summed E-state index contributed by atoms with van der Waals surface area (Å²) in [6.45, 7) is 6.07. The number of pyridine rings is 3. The van der Waals surface area contributed by atoms with Crippen molar-refractivity contribution in [2.24, 2.45) is 0 Å². The van der Waals surface area contributed by atoms with Gasteiger partial charge in [-0.1, -0.05) is 0 Å². The molecule has 2 N–H and O–H groups in total. The normalized spacial score (nSPS) is 11.8. The first-order chi connectivity index (χ1) is 14.9. The van der Waals surface area contributed by atoms with Crippen LogP contribution in [-0.4, -0.2) is 40.8 Å². The van der Waals surface area contributed by atoms with Crippen molar-refractivity contribution in [3.8, 4) is 17.4 Å². The van der Waals surface area contributed by atoms with Crippen molar-refractivity contribution in [3.05, 3.63) is 64.8 Å². The molecule has 0 radical (unpaired) electrons. The van der Waals surface area contributed by atoms with E-state index < -0.39 is 0 Å². The second-order valence-electron chi connectivity index (χ2n) is 7.60. The van der Waals surface area contributed by atoms with Crippen LogP contribution in [0.5, 0.6) is 11.6 Å². The van der Waals surface area contributed by atoms with Gasteiger partial charge in [0.15, 0.2) is 0 Å². The van der Waals surface area contributed by atoms with Crippen molar-refractivity contribution < 1.29 is 9.47 Å². The van der Waals surface area contributed by atoms with Crippen LogP contribution in [0.4, 0.5) is 11.4 Å². The van der Waals surface area contributed by atoms with E-state index in [4.69, 9.17) is 9.47 Å². The van der Waals surface area contributed by atoms with Gasteiger partial charge in [0.05, 0.1) is 26.1 Å². The van der Waals surface area contributed by atoms with Crippen molar-refractivity contribution in [1.29, 1.82) is 0 Å². The van der Waals surface area contributed by atoms with Gasteiger partial charge < -0.3 is 20.1 Å². The molecule has 164 valence electrons. The van der Waals surface area contributed by atoms with Gasteiger partial charge in [0.2, 0.25) is 5.88 Å². The van der Waals surface area contributed by atoms with Crippen LogP contribution in [0.2, 0.25) is 0 Å². The Labute approximate surface area is 182 Å². The second-order valence-corrected chi connectivity index (χ2v) is 7.60. The van der Waals surface area contributed by atoms with E-state index in [1.54, 1.807) is 43.3 Å². The topological polar surface area (TPSA) is 90.3 Å². The van der Waals surface area contributed by atoms with E-state index in [0.29, 0.717) is 29.6 Å². The van der Waals surface area contributed by atoms with E-state index in [1.807, 2.05) is 38.2 Å². The van der Waals surface area contributed by atoms with Crippen LogP contribution >= 0.6 is 0 Å². The third-order valence-electron chi connectivity index (χ3n) is 4.63. The largest absolute Gasteiger partial charge is 0.495 e. The Morgan fingerprint density at radius 2 is 1.84 bits per heavy atom. The molecule has 31 heavy (non-hydrogen) atoms.